The summed E-state index contributed by atoms with van der Waals surface area (Å²) < 4.78 is 37.6. The molecule has 1 amide bonds. The van der Waals surface area contributed by atoms with Gasteiger partial charge in [-0.05, 0) is 48.9 Å². The average molecular weight is 507 g/mol. The van der Waals surface area contributed by atoms with Gasteiger partial charge < -0.3 is 20.9 Å². The van der Waals surface area contributed by atoms with Crippen LogP contribution in [0.25, 0.3) is 0 Å². The summed E-state index contributed by atoms with van der Waals surface area (Å²) in [6.45, 7) is 13.0. The van der Waals surface area contributed by atoms with Crippen LogP contribution in [0.4, 0.5) is 18.9 Å². The summed E-state index contributed by atoms with van der Waals surface area (Å²) in [7, 11) is 0. The Kier molecular flexibility index (Phi) is 10.9. The van der Waals surface area contributed by atoms with Crippen molar-refractivity contribution in [1.29, 1.82) is 0 Å². The van der Waals surface area contributed by atoms with E-state index in [1.165, 1.54) is 17.0 Å². The van der Waals surface area contributed by atoms with Crippen LogP contribution >= 0.6 is 11.3 Å². The first-order valence-corrected chi connectivity index (χ1v) is 12.3. The highest BCUT2D eigenvalue weighted by atomic mass is 32.1. The van der Waals surface area contributed by atoms with Crippen LogP contribution in [0.5, 0.6) is 0 Å². The van der Waals surface area contributed by atoms with E-state index in [9.17, 15) is 18.0 Å². The van der Waals surface area contributed by atoms with Crippen LogP contribution in [-0.4, -0.2) is 30.1 Å². The van der Waals surface area contributed by atoms with Gasteiger partial charge in [0.05, 0.1) is 17.9 Å². The molecule has 1 aromatic carbocycles. The summed E-state index contributed by atoms with van der Waals surface area (Å²) in [4.78, 5) is 15.7. The van der Waals surface area contributed by atoms with Gasteiger partial charge in [0, 0.05) is 35.6 Å². The Morgan fingerprint density at radius 1 is 1.17 bits per heavy atom. The number of halogens is 3. The van der Waals surface area contributed by atoms with E-state index < -0.39 is 12.6 Å². The second-order valence-corrected chi connectivity index (χ2v) is 9.14. The molecule has 0 bridgehead atoms. The number of hydrogen-bond donors (Lipinski definition) is 3. The fourth-order valence-electron chi connectivity index (χ4n) is 3.24. The summed E-state index contributed by atoms with van der Waals surface area (Å²) in [5, 5.41) is 11.1. The van der Waals surface area contributed by atoms with Crippen LogP contribution in [-0.2, 0) is 17.6 Å². The summed E-state index contributed by atoms with van der Waals surface area (Å²) in [6, 6.07) is 10.0. The lowest BCUT2D eigenvalue weighted by atomic mass is 10.1. The van der Waals surface area contributed by atoms with Crippen LogP contribution in [0, 0.1) is 0 Å². The van der Waals surface area contributed by atoms with Crippen molar-refractivity contribution in [3.05, 3.63) is 88.8 Å². The number of carbonyl (C=O) groups excluding carboxylic acids is 1. The number of nitrogens with zero attached hydrogens (tertiary/aromatic N) is 1. The van der Waals surface area contributed by atoms with Crippen molar-refractivity contribution in [3.8, 4) is 0 Å². The summed E-state index contributed by atoms with van der Waals surface area (Å²) in [5.41, 5.74) is 1.87. The number of rotatable bonds is 14. The highest BCUT2D eigenvalue weighted by Crippen LogP contribution is 2.22. The molecule has 0 aliphatic rings. The quantitative estimate of drug-likeness (QED) is 0.269. The number of benzene rings is 1. The van der Waals surface area contributed by atoms with E-state index in [4.69, 9.17) is 0 Å². The number of nitrogens with one attached hydrogen (secondary N) is 3. The predicted molar refractivity (Wildman–Crippen MR) is 138 cm³/mol. The van der Waals surface area contributed by atoms with Gasteiger partial charge in [-0.1, -0.05) is 44.7 Å². The zero-order chi connectivity index (χ0) is 25.8. The van der Waals surface area contributed by atoms with Gasteiger partial charge in [0.1, 0.15) is 0 Å². The molecular weight excluding hydrogens is 473 g/mol. The molecule has 35 heavy (non-hydrogen) atoms. The minimum absolute atomic E-state index is 0.191. The highest BCUT2D eigenvalue weighted by Gasteiger charge is 2.27. The molecule has 190 valence electrons. The topological polar surface area (TPSA) is 56.4 Å². The average Bonchev–Trinajstić information content (AvgIpc) is 3.29. The van der Waals surface area contributed by atoms with E-state index in [1.54, 1.807) is 29.7 Å². The van der Waals surface area contributed by atoms with Gasteiger partial charge in [-0.2, -0.15) is 13.2 Å². The van der Waals surface area contributed by atoms with Gasteiger partial charge >= 0.3 is 6.18 Å². The molecule has 3 N–H and O–H groups in total. The Morgan fingerprint density at radius 2 is 1.89 bits per heavy atom. The monoisotopic (exact) mass is 506 g/mol. The molecule has 9 heteroatoms. The fraction of sp³-hybridized carbons (Fsp3) is 0.346. The maximum Gasteiger partial charge on any atom is 0.393 e. The van der Waals surface area contributed by atoms with Gasteiger partial charge in [-0.3, -0.25) is 4.79 Å². The van der Waals surface area contributed by atoms with Crippen molar-refractivity contribution < 1.29 is 18.0 Å². The van der Waals surface area contributed by atoms with Crippen LogP contribution in [0.3, 0.4) is 0 Å². The van der Waals surface area contributed by atoms with Crippen molar-refractivity contribution in [1.82, 2.24) is 15.5 Å². The molecule has 0 spiro atoms. The van der Waals surface area contributed by atoms with Gasteiger partial charge in [-0.25, -0.2) is 0 Å². The molecule has 0 atom stereocenters. The van der Waals surface area contributed by atoms with E-state index >= 15 is 0 Å². The number of anilines is 1. The van der Waals surface area contributed by atoms with Gasteiger partial charge in [0.25, 0.3) is 5.91 Å². The van der Waals surface area contributed by atoms with Gasteiger partial charge in [0.2, 0.25) is 0 Å². The van der Waals surface area contributed by atoms with Crippen LogP contribution < -0.4 is 16.0 Å². The van der Waals surface area contributed by atoms with E-state index in [0.29, 0.717) is 30.3 Å². The standard InChI is InChI=1S/C26H33F3N4OS/c1-5-6-15-33(20(3)25(34)30-14-13-24-8-7-16-35-24)18-19(2)31-21(4)32-23-11-9-22(10-12-23)17-26(27,28)29/h7-12,16,18,31-32H,3-6,13-15,17H2,1-2H3,(H,30,34)/b19-18+. The van der Waals surface area contributed by atoms with Crippen LogP contribution in [0.1, 0.15) is 37.1 Å². The summed E-state index contributed by atoms with van der Waals surface area (Å²) in [5.74, 6) is 0.224. The van der Waals surface area contributed by atoms with E-state index in [1.807, 2.05) is 29.3 Å². The lowest BCUT2D eigenvalue weighted by molar-refractivity contribution is -0.127. The largest absolute Gasteiger partial charge is 0.393 e. The molecule has 0 aliphatic heterocycles. The molecule has 1 aromatic heterocycles. The smallest absolute Gasteiger partial charge is 0.350 e. The Balaban J connectivity index is 1.92. The second-order valence-electron chi connectivity index (χ2n) is 8.11. The third kappa shape index (κ3) is 10.7. The lowest BCUT2D eigenvalue weighted by Gasteiger charge is -2.24. The SMILES string of the molecule is C=C(N/C(C)=C/N(CCCC)C(=C)C(=O)NCCc1cccs1)Nc1ccc(CC(F)(F)F)cc1. The summed E-state index contributed by atoms with van der Waals surface area (Å²) >= 11 is 1.66. The Morgan fingerprint density at radius 3 is 2.49 bits per heavy atom. The maximum atomic E-state index is 12.6. The first kappa shape index (κ1) is 28.0. The van der Waals surface area contributed by atoms with E-state index in [0.717, 1.165) is 25.0 Å². The molecule has 0 unspecified atom stereocenters. The lowest BCUT2D eigenvalue weighted by Crippen LogP contribution is -2.34. The number of carbonyl (C=O) groups is 1. The van der Waals surface area contributed by atoms with Crippen molar-refractivity contribution in [2.45, 2.75) is 45.7 Å². The molecule has 0 fully saturated rings. The van der Waals surface area contributed by atoms with Crippen LogP contribution in [0.2, 0.25) is 0 Å². The number of thiophene rings is 1. The Hall–Kier alpha value is -3.20. The van der Waals surface area contributed by atoms with Gasteiger partial charge in [-0.15, -0.1) is 11.3 Å². The second kappa shape index (κ2) is 13.6. The normalized spacial score (nSPS) is 11.6. The molecule has 1 heterocycles. The van der Waals surface area contributed by atoms with E-state index in [-0.39, 0.29) is 11.5 Å². The molecule has 5 nitrogen and oxygen atoms in total. The Labute approximate surface area is 209 Å². The van der Waals surface area contributed by atoms with Crippen LogP contribution in [0.15, 0.2) is 78.4 Å². The minimum Gasteiger partial charge on any atom is -0.350 e. The first-order valence-electron chi connectivity index (χ1n) is 11.4. The fourth-order valence-corrected chi connectivity index (χ4v) is 3.95. The number of hydrogen-bond acceptors (Lipinski definition) is 5. The summed E-state index contributed by atoms with van der Waals surface area (Å²) in [6.07, 6.45) is -0.789. The molecule has 0 saturated heterocycles. The van der Waals surface area contributed by atoms with Crippen molar-refractivity contribution in [3.63, 3.8) is 0 Å². The number of allylic oxidation sites excluding steroid dienone is 1. The van der Waals surface area contributed by atoms with Crippen molar-refractivity contribution in [2.75, 3.05) is 18.4 Å². The molecule has 2 rings (SSSR count). The number of amides is 1. The number of unbranched alkanes of at least 4 members (excludes halogenated alkanes) is 1. The minimum atomic E-state index is -4.24. The number of alkyl halides is 3. The van der Waals surface area contributed by atoms with Crippen molar-refractivity contribution >= 4 is 22.9 Å². The Bertz CT molecular complexity index is 999. The van der Waals surface area contributed by atoms with E-state index in [2.05, 4.69) is 36.0 Å². The molecule has 0 saturated carbocycles. The molecular formula is C26H33F3N4OS. The zero-order valence-corrected chi connectivity index (χ0v) is 21.0. The third-order valence-corrected chi connectivity index (χ3v) is 5.89. The molecule has 2 aromatic rings. The molecule has 0 radical (unpaired) electrons. The van der Waals surface area contributed by atoms with Crippen molar-refractivity contribution in [2.24, 2.45) is 0 Å². The highest BCUT2D eigenvalue weighted by molar-refractivity contribution is 7.09. The predicted octanol–water partition coefficient (Wildman–Crippen LogP) is 6.16. The maximum absolute atomic E-state index is 12.6. The first-order chi connectivity index (χ1) is 16.6. The zero-order valence-electron chi connectivity index (χ0n) is 20.2. The molecule has 0 aliphatic carbocycles. The third-order valence-electron chi connectivity index (χ3n) is 4.95. The van der Waals surface area contributed by atoms with Gasteiger partial charge in [0.15, 0.2) is 0 Å².